The SMILES string of the molecule is C1=CCCC(c2ccc(-c3cc(-c4ccc(-c5ccc6c(c5)C5(C7=C(C=CC=CC7)c7ccccc75)c5ccccc5O6)cc4)nc(-c4ccccc4)n3)c3ccccc23)=C1. The molecule has 7 aromatic carbocycles. The van der Waals surface area contributed by atoms with Gasteiger partial charge in [0, 0.05) is 27.8 Å². The van der Waals surface area contributed by atoms with Gasteiger partial charge >= 0.3 is 0 Å². The molecule has 3 nitrogen and oxygen atoms in total. The van der Waals surface area contributed by atoms with Crippen molar-refractivity contribution in [1.29, 1.82) is 0 Å². The normalized spacial score (nSPS) is 17.0. The quantitative estimate of drug-likeness (QED) is 0.174. The van der Waals surface area contributed by atoms with Crippen LogP contribution >= 0.6 is 0 Å². The van der Waals surface area contributed by atoms with Crippen molar-refractivity contribution >= 4 is 21.9 Å². The molecule has 4 aliphatic rings. The van der Waals surface area contributed by atoms with E-state index < -0.39 is 5.41 Å². The van der Waals surface area contributed by atoms with E-state index in [0.717, 1.165) is 70.0 Å². The lowest BCUT2D eigenvalue weighted by molar-refractivity contribution is 0.433. The number of nitrogens with zero attached hydrogens (tertiary/aromatic N) is 2. The molecule has 0 saturated carbocycles. The third kappa shape index (κ3) is 5.65. The van der Waals surface area contributed by atoms with E-state index in [1.165, 1.54) is 55.3 Å². The first kappa shape index (κ1) is 35.3. The molecule has 288 valence electrons. The van der Waals surface area contributed by atoms with Gasteiger partial charge in [0.2, 0.25) is 0 Å². The van der Waals surface area contributed by atoms with Crippen molar-refractivity contribution < 1.29 is 4.74 Å². The first-order valence-electron chi connectivity index (χ1n) is 21.3. The summed E-state index contributed by atoms with van der Waals surface area (Å²) in [6.45, 7) is 0. The van der Waals surface area contributed by atoms with Crippen LogP contribution in [0.1, 0.15) is 47.1 Å². The van der Waals surface area contributed by atoms with Gasteiger partial charge in [-0.25, -0.2) is 9.97 Å². The number of ether oxygens (including phenoxy) is 1. The average molecular weight is 781 g/mol. The molecule has 0 N–H and O–H groups in total. The molecule has 1 unspecified atom stereocenters. The second kappa shape index (κ2) is 14.3. The Morgan fingerprint density at radius 3 is 2.03 bits per heavy atom. The fourth-order valence-electron chi connectivity index (χ4n) is 10.2. The minimum Gasteiger partial charge on any atom is -0.457 e. The Morgan fingerprint density at radius 2 is 1.18 bits per heavy atom. The van der Waals surface area contributed by atoms with Gasteiger partial charge < -0.3 is 4.74 Å². The molecule has 0 amide bonds. The van der Waals surface area contributed by atoms with Gasteiger partial charge in [-0.2, -0.15) is 0 Å². The van der Waals surface area contributed by atoms with Crippen molar-refractivity contribution in [2.24, 2.45) is 0 Å². The third-order valence-electron chi connectivity index (χ3n) is 13.0. The molecule has 1 spiro atoms. The molecule has 8 aromatic rings. The van der Waals surface area contributed by atoms with Crippen LogP contribution in [0.3, 0.4) is 0 Å². The molecule has 61 heavy (non-hydrogen) atoms. The van der Waals surface area contributed by atoms with Crippen LogP contribution in [0.25, 0.3) is 66.9 Å². The highest BCUT2D eigenvalue weighted by atomic mass is 16.5. The Bertz CT molecular complexity index is 3240. The number of aromatic nitrogens is 2. The summed E-state index contributed by atoms with van der Waals surface area (Å²) in [7, 11) is 0. The van der Waals surface area contributed by atoms with E-state index in [0.29, 0.717) is 5.82 Å². The summed E-state index contributed by atoms with van der Waals surface area (Å²) in [6.07, 6.45) is 18.6. The van der Waals surface area contributed by atoms with Crippen LogP contribution in [0.15, 0.2) is 212 Å². The first-order valence-corrected chi connectivity index (χ1v) is 21.3. The van der Waals surface area contributed by atoms with Gasteiger partial charge in [-0.1, -0.05) is 182 Å². The number of rotatable bonds is 5. The Kier molecular flexibility index (Phi) is 8.28. The van der Waals surface area contributed by atoms with Gasteiger partial charge in [-0.3, -0.25) is 0 Å². The number of para-hydroxylation sites is 1. The van der Waals surface area contributed by atoms with Gasteiger partial charge in [-0.05, 0) is 98.8 Å². The molecule has 1 aromatic heterocycles. The molecule has 3 aliphatic carbocycles. The molecule has 0 saturated heterocycles. The minimum atomic E-state index is -0.483. The van der Waals surface area contributed by atoms with Crippen LogP contribution in [-0.4, -0.2) is 9.97 Å². The predicted octanol–water partition coefficient (Wildman–Crippen LogP) is 14.8. The molecule has 2 heterocycles. The third-order valence-corrected chi connectivity index (χ3v) is 13.0. The van der Waals surface area contributed by atoms with Crippen LogP contribution in [0.2, 0.25) is 0 Å². The summed E-state index contributed by atoms with van der Waals surface area (Å²) in [5.41, 5.74) is 17.0. The molecular formula is C58H40N2O. The van der Waals surface area contributed by atoms with Crippen molar-refractivity contribution in [1.82, 2.24) is 9.97 Å². The van der Waals surface area contributed by atoms with E-state index in [4.69, 9.17) is 14.7 Å². The fraction of sp³-hybridized carbons (Fsp3) is 0.0690. The molecule has 1 aliphatic heterocycles. The van der Waals surface area contributed by atoms with Crippen molar-refractivity contribution in [2.75, 3.05) is 0 Å². The van der Waals surface area contributed by atoms with Crippen LogP contribution < -0.4 is 4.74 Å². The number of fused-ring (bicyclic) bond motifs is 9. The topological polar surface area (TPSA) is 35.0 Å². The molecule has 0 fully saturated rings. The lowest BCUT2D eigenvalue weighted by Gasteiger charge is -2.41. The molecule has 3 heteroatoms. The van der Waals surface area contributed by atoms with E-state index in [2.05, 4.69) is 188 Å². The van der Waals surface area contributed by atoms with Gasteiger partial charge in [-0.15, -0.1) is 0 Å². The fourth-order valence-corrected chi connectivity index (χ4v) is 10.2. The number of benzene rings is 7. The Morgan fingerprint density at radius 1 is 0.475 bits per heavy atom. The lowest BCUT2D eigenvalue weighted by atomic mass is 9.64. The zero-order chi connectivity index (χ0) is 40.3. The van der Waals surface area contributed by atoms with Crippen LogP contribution in [0.4, 0.5) is 0 Å². The van der Waals surface area contributed by atoms with Crippen molar-refractivity contribution in [3.63, 3.8) is 0 Å². The lowest BCUT2D eigenvalue weighted by Crippen LogP contribution is -2.33. The number of hydrogen-bond donors (Lipinski definition) is 0. The highest BCUT2D eigenvalue weighted by Gasteiger charge is 2.51. The molecule has 12 rings (SSSR count). The van der Waals surface area contributed by atoms with Crippen LogP contribution in [0.5, 0.6) is 11.5 Å². The highest BCUT2D eigenvalue weighted by Crippen LogP contribution is 2.62. The molecule has 1 atom stereocenters. The minimum absolute atomic E-state index is 0.483. The highest BCUT2D eigenvalue weighted by molar-refractivity contribution is 6.03. The van der Waals surface area contributed by atoms with Crippen LogP contribution in [0, 0.1) is 0 Å². The standard InChI is InChI=1S/C58H40N2O/c1-4-16-39(17-5-1)43-33-34-48(45-21-11-10-20-44(43)45)54-37-53(59-57(60-54)41-18-6-2-7-19-41)40-30-28-38(29-31-40)42-32-35-56-52(36-42)58(51-26-14-15-27-55(51)61-56)49-24-9-3-8-22-46(49)47-23-12-13-25-50(47)58/h1-4,6-16,18-23,25-37H,5,17,24H2. The zero-order valence-electron chi connectivity index (χ0n) is 33.6. The second-order valence-corrected chi connectivity index (χ2v) is 16.3. The maximum absolute atomic E-state index is 6.74. The first-order chi connectivity index (χ1) is 30.2. The van der Waals surface area contributed by atoms with Crippen molar-refractivity contribution in [3.8, 4) is 56.5 Å². The summed E-state index contributed by atoms with van der Waals surface area (Å²) in [5, 5.41) is 2.43. The van der Waals surface area contributed by atoms with Crippen molar-refractivity contribution in [3.05, 3.63) is 240 Å². The molecule has 0 bridgehead atoms. The molecule has 0 radical (unpaired) electrons. The smallest absolute Gasteiger partial charge is 0.160 e. The summed E-state index contributed by atoms with van der Waals surface area (Å²) in [4.78, 5) is 10.4. The zero-order valence-corrected chi connectivity index (χ0v) is 33.6. The van der Waals surface area contributed by atoms with E-state index in [-0.39, 0.29) is 0 Å². The van der Waals surface area contributed by atoms with Crippen molar-refractivity contribution in [2.45, 2.75) is 24.7 Å². The predicted molar refractivity (Wildman–Crippen MR) is 250 cm³/mol. The summed E-state index contributed by atoms with van der Waals surface area (Å²) in [5.74, 6) is 2.52. The monoisotopic (exact) mass is 780 g/mol. The number of hydrogen-bond acceptors (Lipinski definition) is 3. The second-order valence-electron chi connectivity index (χ2n) is 16.3. The Labute approximate surface area is 356 Å². The van der Waals surface area contributed by atoms with E-state index >= 15 is 0 Å². The largest absolute Gasteiger partial charge is 0.457 e. The van der Waals surface area contributed by atoms with Gasteiger partial charge in [0.1, 0.15) is 11.5 Å². The van der Waals surface area contributed by atoms with Crippen LogP contribution in [-0.2, 0) is 5.41 Å². The van der Waals surface area contributed by atoms with Gasteiger partial charge in [0.15, 0.2) is 5.82 Å². The Hall–Kier alpha value is -7.62. The van der Waals surface area contributed by atoms with E-state index in [1.807, 2.05) is 18.2 Å². The van der Waals surface area contributed by atoms with E-state index in [9.17, 15) is 0 Å². The average Bonchev–Trinajstić information content (AvgIpc) is 3.43. The number of allylic oxidation sites excluding steroid dienone is 10. The maximum Gasteiger partial charge on any atom is 0.160 e. The summed E-state index contributed by atoms with van der Waals surface area (Å²) in [6, 6.07) is 58.8. The van der Waals surface area contributed by atoms with Gasteiger partial charge in [0.05, 0.1) is 16.8 Å². The maximum atomic E-state index is 6.74. The van der Waals surface area contributed by atoms with Gasteiger partial charge in [0.25, 0.3) is 0 Å². The molecular weight excluding hydrogens is 741 g/mol. The van der Waals surface area contributed by atoms with E-state index in [1.54, 1.807) is 0 Å². The summed E-state index contributed by atoms with van der Waals surface area (Å²) < 4.78 is 6.74. The summed E-state index contributed by atoms with van der Waals surface area (Å²) >= 11 is 0. The Balaban J connectivity index is 0.978.